The average Bonchev–Trinajstić information content (AvgIpc) is 2.79. The summed E-state index contributed by atoms with van der Waals surface area (Å²) in [5.74, 6) is -1.10. The summed E-state index contributed by atoms with van der Waals surface area (Å²) in [5, 5.41) is 2.66. The second-order valence-electron chi connectivity index (χ2n) is 5.06. The lowest BCUT2D eigenvalue weighted by molar-refractivity contribution is -0.127. The van der Waals surface area contributed by atoms with Gasteiger partial charge in [-0.1, -0.05) is 23.2 Å². The van der Waals surface area contributed by atoms with E-state index in [1.165, 1.54) is 6.07 Å². The van der Waals surface area contributed by atoms with E-state index in [0.29, 0.717) is 19.5 Å². The first-order valence-electron chi connectivity index (χ1n) is 6.61. The molecule has 2 amide bonds. The fourth-order valence-corrected chi connectivity index (χ4v) is 2.74. The van der Waals surface area contributed by atoms with Crippen LogP contribution in [0.3, 0.4) is 0 Å². The molecule has 114 valence electrons. The summed E-state index contributed by atoms with van der Waals surface area (Å²) >= 11 is 11.5. The standard InChI is InChI=1S/C14H15Cl2FN2O2/c1-8(7-19-4-2-3-13(19)20)18-14(21)9-5-12(17)11(16)6-10(9)15/h5-6,8H,2-4,7H2,1H3,(H,18,21)/t8-/m0/s1. The molecular formula is C14H15Cl2FN2O2. The average molecular weight is 333 g/mol. The summed E-state index contributed by atoms with van der Waals surface area (Å²) in [5.41, 5.74) is 0.0261. The van der Waals surface area contributed by atoms with Gasteiger partial charge < -0.3 is 10.2 Å². The number of nitrogens with zero attached hydrogens (tertiary/aromatic N) is 1. The van der Waals surface area contributed by atoms with Gasteiger partial charge in [0.05, 0.1) is 15.6 Å². The third-order valence-electron chi connectivity index (χ3n) is 3.30. The molecular weight excluding hydrogens is 318 g/mol. The highest BCUT2D eigenvalue weighted by Crippen LogP contribution is 2.24. The molecule has 0 unspecified atom stereocenters. The molecule has 1 N–H and O–H groups in total. The fraction of sp³-hybridized carbons (Fsp3) is 0.429. The van der Waals surface area contributed by atoms with Gasteiger partial charge in [-0.2, -0.15) is 0 Å². The molecule has 1 fully saturated rings. The van der Waals surface area contributed by atoms with Crippen molar-refractivity contribution in [2.75, 3.05) is 13.1 Å². The number of hydrogen-bond acceptors (Lipinski definition) is 2. The number of rotatable bonds is 4. The highest BCUT2D eigenvalue weighted by molar-refractivity contribution is 6.36. The Morgan fingerprint density at radius 3 is 2.76 bits per heavy atom. The molecule has 21 heavy (non-hydrogen) atoms. The van der Waals surface area contributed by atoms with Gasteiger partial charge in [0.25, 0.3) is 5.91 Å². The molecule has 0 radical (unpaired) electrons. The van der Waals surface area contributed by atoms with Gasteiger partial charge in [0.1, 0.15) is 5.82 Å². The maximum atomic E-state index is 13.4. The molecule has 1 saturated heterocycles. The first-order valence-corrected chi connectivity index (χ1v) is 7.37. The number of likely N-dealkylation sites (tertiary alicyclic amines) is 1. The molecule has 0 bridgehead atoms. The molecule has 0 aromatic heterocycles. The summed E-state index contributed by atoms with van der Waals surface area (Å²) in [6.45, 7) is 2.91. The largest absolute Gasteiger partial charge is 0.348 e. The summed E-state index contributed by atoms with van der Waals surface area (Å²) < 4.78 is 13.4. The van der Waals surface area contributed by atoms with Crippen molar-refractivity contribution in [2.24, 2.45) is 0 Å². The Bertz CT molecular complexity index is 580. The lowest BCUT2D eigenvalue weighted by Crippen LogP contribution is -2.42. The molecule has 2 rings (SSSR count). The Kier molecular flexibility index (Phi) is 5.06. The van der Waals surface area contributed by atoms with Crippen LogP contribution in [0.1, 0.15) is 30.1 Å². The van der Waals surface area contributed by atoms with E-state index in [4.69, 9.17) is 23.2 Å². The van der Waals surface area contributed by atoms with Crippen molar-refractivity contribution in [1.29, 1.82) is 0 Å². The van der Waals surface area contributed by atoms with Crippen molar-refractivity contribution in [3.05, 3.63) is 33.6 Å². The Balaban J connectivity index is 2.00. The van der Waals surface area contributed by atoms with E-state index in [0.717, 1.165) is 12.5 Å². The minimum Gasteiger partial charge on any atom is -0.348 e. The van der Waals surface area contributed by atoms with Gasteiger partial charge in [0.2, 0.25) is 5.91 Å². The lowest BCUT2D eigenvalue weighted by Gasteiger charge is -2.21. The highest BCUT2D eigenvalue weighted by atomic mass is 35.5. The molecule has 0 aliphatic carbocycles. The van der Waals surface area contributed by atoms with E-state index in [2.05, 4.69) is 5.32 Å². The lowest BCUT2D eigenvalue weighted by atomic mass is 10.2. The predicted octanol–water partition coefficient (Wildman–Crippen LogP) is 2.87. The van der Waals surface area contributed by atoms with Crippen LogP contribution in [-0.4, -0.2) is 35.8 Å². The van der Waals surface area contributed by atoms with Gasteiger partial charge in [-0.15, -0.1) is 0 Å². The Hall–Kier alpha value is -1.33. The number of amides is 2. The van der Waals surface area contributed by atoms with E-state index in [1.54, 1.807) is 11.8 Å². The molecule has 1 aromatic rings. The summed E-state index contributed by atoms with van der Waals surface area (Å²) in [4.78, 5) is 25.3. The number of halogens is 3. The Morgan fingerprint density at radius 2 is 2.14 bits per heavy atom. The summed E-state index contributed by atoms with van der Waals surface area (Å²) in [6, 6.07) is 1.95. The van der Waals surface area contributed by atoms with Crippen LogP contribution in [0.5, 0.6) is 0 Å². The van der Waals surface area contributed by atoms with E-state index < -0.39 is 11.7 Å². The van der Waals surface area contributed by atoms with Crippen LogP contribution in [0.25, 0.3) is 0 Å². The number of carbonyl (C=O) groups is 2. The zero-order valence-corrected chi connectivity index (χ0v) is 13.0. The van der Waals surface area contributed by atoms with E-state index >= 15 is 0 Å². The minimum atomic E-state index is -0.700. The van der Waals surface area contributed by atoms with Gasteiger partial charge >= 0.3 is 0 Å². The first kappa shape index (κ1) is 16.0. The Morgan fingerprint density at radius 1 is 1.43 bits per heavy atom. The minimum absolute atomic E-state index is 0.0261. The van der Waals surface area contributed by atoms with Crippen LogP contribution < -0.4 is 5.32 Å². The zero-order valence-electron chi connectivity index (χ0n) is 11.5. The van der Waals surface area contributed by atoms with Gasteiger partial charge in [-0.05, 0) is 25.5 Å². The smallest absolute Gasteiger partial charge is 0.253 e. The van der Waals surface area contributed by atoms with Gasteiger partial charge in [0.15, 0.2) is 0 Å². The molecule has 1 heterocycles. The van der Waals surface area contributed by atoms with Crippen molar-refractivity contribution < 1.29 is 14.0 Å². The molecule has 1 atom stereocenters. The second-order valence-corrected chi connectivity index (χ2v) is 5.88. The predicted molar refractivity (Wildman–Crippen MR) is 79.2 cm³/mol. The van der Waals surface area contributed by atoms with E-state index in [9.17, 15) is 14.0 Å². The quantitative estimate of drug-likeness (QED) is 0.862. The van der Waals surface area contributed by atoms with Crippen LogP contribution in [0.2, 0.25) is 10.0 Å². The van der Waals surface area contributed by atoms with Crippen LogP contribution in [0.15, 0.2) is 12.1 Å². The summed E-state index contributed by atoms with van der Waals surface area (Å²) in [6.07, 6.45) is 1.39. The van der Waals surface area contributed by atoms with Crippen LogP contribution in [-0.2, 0) is 4.79 Å². The number of hydrogen-bond donors (Lipinski definition) is 1. The molecule has 7 heteroatoms. The highest BCUT2D eigenvalue weighted by Gasteiger charge is 2.23. The van der Waals surface area contributed by atoms with Crippen LogP contribution in [0.4, 0.5) is 4.39 Å². The van der Waals surface area contributed by atoms with E-state index in [1.807, 2.05) is 0 Å². The monoisotopic (exact) mass is 332 g/mol. The molecule has 1 aromatic carbocycles. The topological polar surface area (TPSA) is 49.4 Å². The van der Waals surface area contributed by atoms with Crippen molar-refractivity contribution in [1.82, 2.24) is 10.2 Å². The third kappa shape index (κ3) is 3.86. The SMILES string of the molecule is C[C@@H](CN1CCCC1=O)NC(=O)c1cc(F)c(Cl)cc1Cl. The van der Waals surface area contributed by atoms with E-state index in [-0.39, 0.29) is 27.6 Å². The van der Waals surface area contributed by atoms with Crippen molar-refractivity contribution in [3.8, 4) is 0 Å². The van der Waals surface area contributed by atoms with Gasteiger partial charge in [-0.3, -0.25) is 9.59 Å². The molecule has 4 nitrogen and oxygen atoms in total. The first-order chi connectivity index (χ1) is 9.88. The maximum absolute atomic E-state index is 13.4. The van der Waals surface area contributed by atoms with Crippen molar-refractivity contribution in [3.63, 3.8) is 0 Å². The van der Waals surface area contributed by atoms with Gasteiger partial charge in [0, 0.05) is 25.6 Å². The normalized spacial score (nSPS) is 16.2. The molecule has 1 aliphatic rings. The maximum Gasteiger partial charge on any atom is 0.253 e. The fourth-order valence-electron chi connectivity index (χ4n) is 2.27. The van der Waals surface area contributed by atoms with Gasteiger partial charge in [-0.25, -0.2) is 4.39 Å². The third-order valence-corrected chi connectivity index (χ3v) is 3.90. The van der Waals surface area contributed by atoms with Crippen molar-refractivity contribution >= 4 is 35.0 Å². The number of carbonyl (C=O) groups excluding carboxylic acids is 2. The van der Waals surface area contributed by atoms with Crippen molar-refractivity contribution in [2.45, 2.75) is 25.8 Å². The zero-order chi connectivity index (χ0) is 15.6. The molecule has 1 aliphatic heterocycles. The number of benzene rings is 1. The molecule has 0 spiro atoms. The summed E-state index contributed by atoms with van der Waals surface area (Å²) in [7, 11) is 0. The van der Waals surface area contributed by atoms with Crippen LogP contribution in [0, 0.1) is 5.82 Å². The Labute approximate surface area is 132 Å². The second kappa shape index (κ2) is 6.62. The number of nitrogens with one attached hydrogen (secondary N) is 1. The van der Waals surface area contributed by atoms with Crippen LogP contribution >= 0.6 is 23.2 Å². The molecule has 0 saturated carbocycles.